The molecule has 0 unspecified atom stereocenters. The van der Waals surface area contributed by atoms with Crippen LogP contribution in [0.4, 0.5) is 0 Å². The van der Waals surface area contributed by atoms with Crippen LogP contribution in [-0.4, -0.2) is 9.78 Å². The van der Waals surface area contributed by atoms with Crippen LogP contribution in [0.25, 0.3) is 5.69 Å². The van der Waals surface area contributed by atoms with Gasteiger partial charge in [-0.15, -0.1) is 0 Å². The summed E-state index contributed by atoms with van der Waals surface area (Å²) in [6.07, 6.45) is 0. The van der Waals surface area contributed by atoms with E-state index in [-0.39, 0.29) is 0 Å². The van der Waals surface area contributed by atoms with Gasteiger partial charge in [0.25, 0.3) is 0 Å². The molecule has 0 spiro atoms. The van der Waals surface area contributed by atoms with Crippen LogP contribution in [0.2, 0.25) is 5.15 Å². The number of rotatable bonds is 1. The molecule has 72 valence electrons. The molecule has 0 bridgehead atoms. The lowest BCUT2D eigenvalue weighted by molar-refractivity contribution is 0.863. The van der Waals surface area contributed by atoms with Crippen LogP contribution in [0.3, 0.4) is 0 Å². The Morgan fingerprint density at radius 2 is 1.79 bits per heavy atom. The Morgan fingerprint density at radius 1 is 1.14 bits per heavy atom. The molecule has 14 heavy (non-hydrogen) atoms. The minimum atomic E-state index is 0.689. The first-order chi connectivity index (χ1) is 6.70. The fourth-order valence-electron chi connectivity index (χ4n) is 1.32. The van der Waals surface area contributed by atoms with Gasteiger partial charge in [-0.25, -0.2) is 4.68 Å². The van der Waals surface area contributed by atoms with Gasteiger partial charge in [0.05, 0.1) is 11.4 Å². The predicted molar refractivity (Wildman–Crippen MR) is 58.0 cm³/mol. The number of para-hydroxylation sites is 1. The van der Waals surface area contributed by atoms with Gasteiger partial charge in [-0.05, 0) is 26.0 Å². The molecule has 1 aromatic carbocycles. The zero-order valence-electron chi connectivity index (χ0n) is 8.16. The molecule has 0 saturated carbocycles. The van der Waals surface area contributed by atoms with Crippen molar-refractivity contribution in [1.82, 2.24) is 9.78 Å². The highest BCUT2D eigenvalue weighted by atomic mass is 35.5. The maximum atomic E-state index is 6.15. The minimum Gasteiger partial charge on any atom is -0.222 e. The standard InChI is InChI=1S/C11H11ClN2/c1-8-9(2)13-14(11(8)12)10-6-4-3-5-7-10/h3-7H,1-2H3. The Balaban J connectivity index is 2.58. The Labute approximate surface area is 88.1 Å². The van der Waals surface area contributed by atoms with Crippen LogP contribution in [0.5, 0.6) is 0 Å². The van der Waals surface area contributed by atoms with Crippen LogP contribution >= 0.6 is 11.6 Å². The highest BCUT2D eigenvalue weighted by Crippen LogP contribution is 2.21. The average molecular weight is 207 g/mol. The van der Waals surface area contributed by atoms with E-state index in [0.717, 1.165) is 16.9 Å². The molecule has 0 radical (unpaired) electrons. The summed E-state index contributed by atoms with van der Waals surface area (Å²) in [7, 11) is 0. The second-order valence-corrected chi connectivity index (χ2v) is 3.61. The molecule has 3 heteroatoms. The molecule has 2 aromatic rings. The smallest absolute Gasteiger partial charge is 0.136 e. The maximum Gasteiger partial charge on any atom is 0.136 e. The summed E-state index contributed by atoms with van der Waals surface area (Å²) >= 11 is 6.15. The van der Waals surface area contributed by atoms with E-state index in [4.69, 9.17) is 11.6 Å². The fraction of sp³-hybridized carbons (Fsp3) is 0.182. The van der Waals surface area contributed by atoms with Crippen molar-refractivity contribution < 1.29 is 0 Å². The molecule has 1 aromatic heterocycles. The van der Waals surface area contributed by atoms with Gasteiger partial charge in [0.1, 0.15) is 5.15 Å². The van der Waals surface area contributed by atoms with Gasteiger partial charge >= 0.3 is 0 Å². The van der Waals surface area contributed by atoms with E-state index < -0.39 is 0 Å². The monoisotopic (exact) mass is 206 g/mol. The fourth-order valence-corrected chi connectivity index (χ4v) is 1.59. The molecule has 0 aliphatic heterocycles. The van der Waals surface area contributed by atoms with Gasteiger partial charge in [-0.2, -0.15) is 5.10 Å². The molecule has 0 aliphatic carbocycles. The molecular formula is C11H11ClN2. The first kappa shape index (κ1) is 9.28. The van der Waals surface area contributed by atoms with Crippen LogP contribution in [-0.2, 0) is 0 Å². The summed E-state index contributed by atoms with van der Waals surface area (Å²) in [5, 5.41) is 5.05. The number of nitrogens with zero attached hydrogens (tertiary/aromatic N) is 2. The summed E-state index contributed by atoms with van der Waals surface area (Å²) in [5.74, 6) is 0. The quantitative estimate of drug-likeness (QED) is 0.701. The number of benzene rings is 1. The second kappa shape index (κ2) is 3.46. The highest BCUT2D eigenvalue weighted by molar-refractivity contribution is 6.30. The normalized spacial score (nSPS) is 10.5. The third-order valence-corrected chi connectivity index (χ3v) is 2.73. The van der Waals surface area contributed by atoms with Gasteiger partial charge in [-0.3, -0.25) is 0 Å². The topological polar surface area (TPSA) is 17.8 Å². The third-order valence-electron chi connectivity index (χ3n) is 2.29. The van der Waals surface area contributed by atoms with E-state index >= 15 is 0 Å². The molecule has 1 heterocycles. The number of aromatic nitrogens is 2. The molecule has 2 rings (SSSR count). The first-order valence-electron chi connectivity index (χ1n) is 4.47. The van der Waals surface area contributed by atoms with Crippen molar-refractivity contribution in [2.24, 2.45) is 0 Å². The van der Waals surface area contributed by atoms with Crippen molar-refractivity contribution in [3.05, 3.63) is 46.7 Å². The first-order valence-corrected chi connectivity index (χ1v) is 4.85. The maximum absolute atomic E-state index is 6.15. The van der Waals surface area contributed by atoms with Crippen molar-refractivity contribution in [3.63, 3.8) is 0 Å². The lowest BCUT2D eigenvalue weighted by Crippen LogP contribution is -1.95. The lowest BCUT2D eigenvalue weighted by atomic mass is 10.3. The van der Waals surface area contributed by atoms with Crippen LogP contribution in [0.1, 0.15) is 11.3 Å². The zero-order valence-corrected chi connectivity index (χ0v) is 8.92. The Morgan fingerprint density at radius 3 is 2.29 bits per heavy atom. The lowest BCUT2D eigenvalue weighted by Gasteiger charge is -2.01. The largest absolute Gasteiger partial charge is 0.222 e. The van der Waals surface area contributed by atoms with Gasteiger partial charge < -0.3 is 0 Å². The summed E-state index contributed by atoms with van der Waals surface area (Å²) in [6.45, 7) is 3.94. The SMILES string of the molecule is Cc1nn(-c2ccccc2)c(Cl)c1C. The molecule has 0 atom stereocenters. The molecule has 2 nitrogen and oxygen atoms in total. The van der Waals surface area contributed by atoms with Crippen LogP contribution in [0, 0.1) is 13.8 Å². The number of hydrogen-bond acceptors (Lipinski definition) is 1. The van der Waals surface area contributed by atoms with Crippen molar-refractivity contribution in [3.8, 4) is 5.69 Å². The highest BCUT2D eigenvalue weighted by Gasteiger charge is 2.09. The van der Waals surface area contributed by atoms with Crippen LogP contribution in [0.15, 0.2) is 30.3 Å². The predicted octanol–water partition coefficient (Wildman–Crippen LogP) is 3.14. The second-order valence-electron chi connectivity index (χ2n) is 3.25. The third kappa shape index (κ3) is 1.42. The van der Waals surface area contributed by atoms with E-state index in [0.29, 0.717) is 5.15 Å². The Hall–Kier alpha value is -1.28. The summed E-state index contributed by atoms with van der Waals surface area (Å²) in [6, 6.07) is 9.88. The number of hydrogen-bond donors (Lipinski definition) is 0. The van der Waals surface area contributed by atoms with Crippen molar-refractivity contribution in [2.75, 3.05) is 0 Å². The van der Waals surface area contributed by atoms with E-state index in [9.17, 15) is 0 Å². The Kier molecular flexibility index (Phi) is 2.30. The summed E-state index contributed by atoms with van der Waals surface area (Å²) < 4.78 is 1.76. The Bertz CT molecular complexity index is 446. The molecule has 0 amide bonds. The van der Waals surface area contributed by atoms with E-state index in [1.165, 1.54) is 0 Å². The van der Waals surface area contributed by atoms with Crippen molar-refractivity contribution in [1.29, 1.82) is 0 Å². The van der Waals surface area contributed by atoms with E-state index in [2.05, 4.69) is 5.10 Å². The molecular weight excluding hydrogens is 196 g/mol. The number of halogens is 1. The summed E-state index contributed by atoms with van der Waals surface area (Å²) in [5.41, 5.74) is 3.00. The molecule has 0 fully saturated rings. The van der Waals surface area contributed by atoms with Crippen molar-refractivity contribution in [2.45, 2.75) is 13.8 Å². The zero-order chi connectivity index (χ0) is 10.1. The molecule has 0 N–H and O–H groups in total. The van der Waals surface area contributed by atoms with Gasteiger partial charge in [0, 0.05) is 5.56 Å². The average Bonchev–Trinajstić information content (AvgIpc) is 2.47. The minimum absolute atomic E-state index is 0.689. The van der Waals surface area contributed by atoms with E-state index in [1.54, 1.807) is 4.68 Å². The molecule has 0 saturated heterocycles. The van der Waals surface area contributed by atoms with Gasteiger partial charge in [-0.1, -0.05) is 29.8 Å². The number of aryl methyl sites for hydroxylation is 1. The van der Waals surface area contributed by atoms with Crippen molar-refractivity contribution >= 4 is 11.6 Å². The van der Waals surface area contributed by atoms with Gasteiger partial charge in [0.2, 0.25) is 0 Å². The van der Waals surface area contributed by atoms with E-state index in [1.807, 2.05) is 44.2 Å². The molecule has 0 aliphatic rings. The van der Waals surface area contributed by atoms with Crippen LogP contribution < -0.4 is 0 Å². The van der Waals surface area contributed by atoms with Gasteiger partial charge in [0.15, 0.2) is 0 Å². The summed E-state index contributed by atoms with van der Waals surface area (Å²) in [4.78, 5) is 0.